The van der Waals surface area contributed by atoms with E-state index in [0.717, 1.165) is 0 Å². The number of anilines is 1. The van der Waals surface area contributed by atoms with Crippen molar-refractivity contribution in [3.8, 4) is 0 Å². The van der Waals surface area contributed by atoms with E-state index in [-0.39, 0.29) is 18.9 Å². The number of alkyl halides is 1. The zero-order chi connectivity index (χ0) is 16.3. The number of carboxylic acids is 1. The molecule has 1 fully saturated rings. The molecule has 1 aliphatic rings. The standard InChI is InChI=1S/C14H14ClFN2O4/c15-9-1-3-10(4-2-9)18-7-8(5-12(18)19)13(20)17-11(6-16)14(21)22/h1-4,8,11H,5-7H2,(H,17,20)(H,21,22). The number of benzene rings is 1. The van der Waals surface area contributed by atoms with E-state index in [4.69, 9.17) is 16.7 Å². The quantitative estimate of drug-likeness (QED) is 0.851. The number of rotatable bonds is 5. The number of carbonyl (C=O) groups excluding carboxylic acids is 2. The molecule has 2 rings (SSSR count). The summed E-state index contributed by atoms with van der Waals surface area (Å²) < 4.78 is 12.5. The number of hydrogen-bond donors (Lipinski definition) is 2. The van der Waals surface area contributed by atoms with Crippen molar-refractivity contribution >= 4 is 35.1 Å². The third-order valence-corrected chi connectivity index (χ3v) is 3.65. The summed E-state index contributed by atoms with van der Waals surface area (Å²) in [6.07, 6.45) is -0.0485. The van der Waals surface area contributed by atoms with Crippen LogP contribution in [0.5, 0.6) is 0 Å². The third-order valence-electron chi connectivity index (χ3n) is 3.40. The summed E-state index contributed by atoms with van der Waals surface area (Å²) in [7, 11) is 0. The monoisotopic (exact) mass is 328 g/mol. The van der Waals surface area contributed by atoms with Crippen LogP contribution in [-0.2, 0) is 14.4 Å². The molecule has 0 saturated carbocycles. The van der Waals surface area contributed by atoms with Crippen molar-refractivity contribution in [1.82, 2.24) is 5.32 Å². The highest BCUT2D eigenvalue weighted by Crippen LogP contribution is 2.26. The van der Waals surface area contributed by atoms with Crippen molar-refractivity contribution in [3.63, 3.8) is 0 Å². The van der Waals surface area contributed by atoms with Crippen molar-refractivity contribution in [1.29, 1.82) is 0 Å². The maximum Gasteiger partial charge on any atom is 0.328 e. The second kappa shape index (κ2) is 6.74. The Kier molecular flexibility index (Phi) is 4.97. The van der Waals surface area contributed by atoms with Gasteiger partial charge in [0.2, 0.25) is 11.8 Å². The molecule has 0 aliphatic carbocycles. The minimum Gasteiger partial charge on any atom is -0.480 e. The molecule has 2 atom stereocenters. The molecule has 1 heterocycles. The lowest BCUT2D eigenvalue weighted by atomic mass is 10.1. The van der Waals surface area contributed by atoms with Gasteiger partial charge >= 0.3 is 5.97 Å². The average molecular weight is 329 g/mol. The van der Waals surface area contributed by atoms with Gasteiger partial charge in [-0.3, -0.25) is 9.59 Å². The minimum absolute atomic E-state index is 0.0485. The van der Waals surface area contributed by atoms with E-state index in [2.05, 4.69) is 5.32 Å². The molecule has 2 N–H and O–H groups in total. The molecule has 1 aromatic carbocycles. The number of nitrogens with zero attached hydrogens (tertiary/aromatic N) is 1. The molecule has 1 aromatic rings. The van der Waals surface area contributed by atoms with Gasteiger partial charge in [0.1, 0.15) is 6.67 Å². The normalized spacial score (nSPS) is 19.1. The van der Waals surface area contributed by atoms with Gasteiger partial charge < -0.3 is 15.3 Å². The van der Waals surface area contributed by atoms with E-state index >= 15 is 0 Å². The van der Waals surface area contributed by atoms with Crippen LogP contribution in [-0.4, -0.2) is 42.2 Å². The van der Waals surface area contributed by atoms with Gasteiger partial charge in [-0.25, -0.2) is 9.18 Å². The number of aliphatic carboxylic acids is 1. The minimum atomic E-state index is -1.59. The van der Waals surface area contributed by atoms with Gasteiger partial charge in [0.25, 0.3) is 0 Å². The van der Waals surface area contributed by atoms with Crippen molar-refractivity contribution < 1.29 is 23.9 Å². The summed E-state index contributed by atoms with van der Waals surface area (Å²) in [5.41, 5.74) is 0.602. The maximum atomic E-state index is 12.5. The predicted octanol–water partition coefficient (Wildman–Crippen LogP) is 1.23. The van der Waals surface area contributed by atoms with Crippen LogP contribution in [0.2, 0.25) is 5.02 Å². The van der Waals surface area contributed by atoms with E-state index < -0.39 is 30.5 Å². The Morgan fingerprint density at radius 3 is 2.59 bits per heavy atom. The largest absolute Gasteiger partial charge is 0.480 e. The Morgan fingerprint density at radius 2 is 2.05 bits per heavy atom. The highest BCUT2D eigenvalue weighted by molar-refractivity contribution is 6.30. The lowest BCUT2D eigenvalue weighted by Crippen LogP contribution is -2.45. The first-order valence-corrected chi connectivity index (χ1v) is 6.95. The van der Waals surface area contributed by atoms with Gasteiger partial charge in [-0.1, -0.05) is 11.6 Å². The molecular weight excluding hydrogens is 315 g/mol. The van der Waals surface area contributed by atoms with Gasteiger partial charge in [-0.15, -0.1) is 0 Å². The molecule has 0 bridgehead atoms. The van der Waals surface area contributed by atoms with Crippen LogP contribution in [0, 0.1) is 5.92 Å². The van der Waals surface area contributed by atoms with Gasteiger partial charge in [0.05, 0.1) is 5.92 Å². The summed E-state index contributed by atoms with van der Waals surface area (Å²) in [6, 6.07) is 4.97. The summed E-state index contributed by atoms with van der Waals surface area (Å²) in [4.78, 5) is 36.1. The fourth-order valence-electron chi connectivity index (χ4n) is 2.21. The van der Waals surface area contributed by atoms with Crippen molar-refractivity contribution in [3.05, 3.63) is 29.3 Å². The molecule has 1 aliphatic heterocycles. The molecule has 1 saturated heterocycles. The van der Waals surface area contributed by atoms with Crippen molar-refractivity contribution in [2.24, 2.45) is 5.92 Å². The smallest absolute Gasteiger partial charge is 0.328 e. The zero-order valence-electron chi connectivity index (χ0n) is 11.5. The Morgan fingerprint density at radius 1 is 1.41 bits per heavy atom. The van der Waals surface area contributed by atoms with Crippen LogP contribution in [0.1, 0.15) is 6.42 Å². The van der Waals surface area contributed by atoms with Crippen LogP contribution in [0.25, 0.3) is 0 Å². The van der Waals surface area contributed by atoms with Crippen LogP contribution in [0.4, 0.5) is 10.1 Å². The molecule has 0 radical (unpaired) electrons. The number of amides is 2. The van der Waals surface area contributed by atoms with Crippen LogP contribution < -0.4 is 10.2 Å². The molecule has 8 heteroatoms. The Hall–Kier alpha value is -2.15. The van der Waals surface area contributed by atoms with Gasteiger partial charge in [-0.05, 0) is 24.3 Å². The summed E-state index contributed by atoms with van der Waals surface area (Å²) in [5.74, 6) is -3.06. The highest BCUT2D eigenvalue weighted by atomic mass is 35.5. The second-order valence-electron chi connectivity index (χ2n) is 4.94. The predicted molar refractivity (Wildman–Crippen MR) is 77.5 cm³/mol. The van der Waals surface area contributed by atoms with Crippen LogP contribution in [0.15, 0.2) is 24.3 Å². The fourth-order valence-corrected chi connectivity index (χ4v) is 2.34. The second-order valence-corrected chi connectivity index (χ2v) is 5.37. The molecule has 0 aromatic heterocycles. The first-order chi connectivity index (χ1) is 10.4. The lowest BCUT2D eigenvalue weighted by Gasteiger charge is -2.17. The number of halogens is 2. The lowest BCUT2D eigenvalue weighted by molar-refractivity contribution is -0.142. The van der Waals surface area contributed by atoms with E-state index in [1.807, 2.05) is 0 Å². The molecule has 6 nitrogen and oxygen atoms in total. The Bertz CT molecular complexity index is 593. The molecule has 2 amide bonds. The summed E-state index contributed by atoms with van der Waals surface area (Å²) >= 11 is 5.78. The van der Waals surface area contributed by atoms with Crippen molar-refractivity contribution in [2.75, 3.05) is 18.1 Å². The van der Waals surface area contributed by atoms with Crippen LogP contribution in [0.3, 0.4) is 0 Å². The molecule has 22 heavy (non-hydrogen) atoms. The van der Waals surface area contributed by atoms with Gasteiger partial charge in [0.15, 0.2) is 6.04 Å². The van der Waals surface area contributed by atoms with E-state index in [1.165, 1.54) is 4.90 Å². The maximum absolute atomic E-state index is 12.5. The highest BCUT2D eigenvalue weighted by Gasteiger charge is 2.36. The average Bonchev–Trinajstić information content (AvgIpc) is 2.87. The fraction of sp³-hybridized carbons (Fsp3) is 0.357. The molecule has 2 unspecified atom stereocenters. The zero-order valence-corrected chi connectivity index (χ0v) is 12.2. The SMILES string of the molecule is O=C(NC(CF)C(=O)O)C1CC(=O)N(c2ccc(Cl)cc2)C1. The van der Waals surface area contributed by atoms with Crippen LogP contribution >= 0.6 is 11.6 Å². The number of nitrogens with one attached hydrogen (secondary N) is 1. The molecule has 0 spiro atoms. The van der Waals surface area contributed by atoms with Gasteiger partial charge in [0, 0.05) is 23.7 Å². The summed E-state index contributed by atoms with van der Waals surface area (Å²) in [5, 5.41) is 11.3. The number of hydrogen-bond acceptors (Lipinski definition) is 3. The first kappa shape index (κ1) is 16.2. The summed E-state index contributed by atoms with van der Waals surface area (Å²) in [6.45, 7) is -1.09. The first-order valence-electron chi connectivity index (χ1n) is 6.57. The van der Waals surface area contributed by atoms with E-state index in [9.17, 15) is 18.8 Å². The van der Waals surface area contributed by atoms with Crippen molar-refractivity contribution in [2.45, 2.75) is 12.5 Å². The molecule has 118 valence electrons. The Labute approximate surface area is 130 Å². The van der Waals surface area contributed by atoms with E-state index in [1.54, 1.807) is 24.3 Å². The van der Waals surface area contributed by atoms with Gasteiger partial charge in [-0.2, -0.15) is 0 Å². The topological polar surface area (TPSA) is 86.7 Å². The van der Waals surface area contributed by atoms with E-state index in [0.29, 0.717) is 10.7 Å². The number of carbonyl (C=O) groups is 3. The number of carboxylic acid groups (broad SMARTS) is 1. The molecular formula is C14H14ClFN2O4. The third kappa shape index (κ3) is 3.54. The Balaban J connectivity index is 2.04.